The minimum atomic E-state index is -3.63. The summed E-state index contributed by atoms with van der Waals surface area (Å²) in [7, 11) is -3.63. The molecule has 0 heterocycles. The Morgan fingerprint density at radius 1 is 1.11 bits per heavy atom. The highest BCUT2D eigenvalue weighted by atomic mass is 32.2. The summed E-state index contributed by atoms with van der Waals surface area (Å²) < 4.78 is 32.7. The molecule has 28 heavy (non-hydrogen) atoms. The molecule has 2 N–H and O–H groups in total. The summed E-state index contributed by atoms with van der Waals surface area (Å²) >= 11 is 5.38. The monoisotopic (exact) mass is 417 g/mol. The third-order valence-corrected chi connectivity index (χ3v) is 8.36. The Morgan fingerprint density at radius 3 is 2.21 bits per heavy atom. The Morgan fingerprint density at radius 2 is 1.71 bits per heavy atom. The quantitative estimate of drug-likeness (QED) is 0.662. The first kappa shape index (κ1) is 21.0. The molecule has 0 aliphatic heterocycles. The lowest BCUT2D eigenvalue weighted by Gasteiger charge is -2.17. The van der Waals surface area contributed by atoms with Crippen LogP contribution in [-0.2, 0) is 21.0 Å². The zero-order valence-corrected chi connectivity index (χ0v) is 18.1. The summed E-state index contributed by atoms with van der Waals surface area (Å²) in [5, 5.41) is -0.723. The lowest BCUT2D eigenvalue weighted by atomic mass is 9.98. The van der Waals surface area contributed by atoms with Crippen molar-refractivity contribution < 1.29 is 13.2 Å². The molecule has 0 amide bonds. The van der Waals surface area contributed by atoms with Crippen molar-refractivity contribution in [2.45, 2.75) is 43.3 Å². The number of aryl methyl sites for hydroxylation is 2. The first-order valence-electron chi connectivity index (χ1n) is 9.56. The minimum Gasteiger partial charge on any atom is -0.393 e. The fraction of sp³-hybridized carbons (Fsp3) is 0.409. The van der Waals surface area contributed by atoms with Crippen LogP contribution in [0.3, 0.4) is 0 Å². The predicted molar refractivity (Wildman–Crippen MR) is 116 cm³/mol. The van der Waals surface area contributed by atoms with Crippen LogP contribution >= 0.6 is 12.2 Å². The summed E-state index contributed by atoms with van der Waals surface area (Å²) in [5.74, 6) is -0.311. The molecule has 0 aromatic heterocycles. The first-order chi connectivity index (χ1) is 13.3. The SMILES string of the molecule is CCOC[C@]1(C(N)=S)[C@@H](c2ccc(CC)cc2)[C@@H]1S(=O)(=O)c1ccc(C)cc1. The standard InChI is InChI=1S/C22H27NO3S2/c1-4-16-8-10-17(11-9-16)19-20(22(19,21(23)27)14-26-5-2)28(24,25)18-12-6-15(3)7-13-18/h6-13,19-20H,4-5,14H2,1-3H3,(H2,23,27)/t19-,20-,22-/m0/s1. The van der Waals surface area contributed by atoms with Crippen LogP contribution in [0.1, 0.15) is 36.5 Å². The average molecular weight is 418 g/mol. The van der Waals surface area contributed by atoms with E-state index >= 15 is 0 Å². The van der Waals surface area contributed by atoms with Gasteiger partial charge in [-0.05, 0) is 43.5 Å². The average Bonchev–Trinajstić information content (AvgIpc) is 3.38. The van der Waals surface area contributed by atoms with Crippen LogP contribution < -0.4 is 5.73 Å². The number of sulfone groups is 1. The highest BCUT2D eigenvalue weighted by Crippen LogP contribution is 2.64. The van der Waals surface area contributed by atoms with Gasteiger partial charge in [0, 0.05) is 12.5 Å². The van der Waals surface area contributed by atoms with Crippen LogP contribution in [0.15, 0.2) is 53.4 Å². The van der Waals surface area contributed by atoms with Gasteiger partial charge in [-0.3, -0.25) is 0 Å². The third kappa shape index (κ3) is 3.49. The predicted octanol–water partition coefficient (Wildman–Crippen LogP) is 3.81. The highest BCUT2D eigenvalue weighted by molar-refractivity contribution is 7.92. The molecular formula is C22H27NO3S2. The molecule has 0 bridgehead atoms. The van der Waals surface area contributed by atoms with E-state index in [1.54, 1.807) is 12.1 Å². The molecule has 3 rings (SSSR count). The zero-order valence-electron chi connectivity index (χ0n) is 16.5. The smallest absolute Gasteiger partial charge is 0.182 e. The van der Waals surface area contributed by atoms with Gasteiger partial charge in [-0.25, -0.2) is 8.42 Å². The van der Waals surface area contributed by atoms with Crippen LogP contribution in [0, 0.1) is 12.3 Å². The van der Waals surface area contributed by atoms with E-state index in [0.717, 1.165) is 17.5 Å². The maximum absolute atomic E-state index is 13.5. The van der Waals surface area contributed by atoms with Gasteiger partial charge in [0.25, 0.3) is 0 Å². The second kappa shape index (κ2) is 7.93. The van der Waals surface area contributed by atoms with Crippen molar-refractivity contribution >= 4 is 27.0 Å². The van der Waals surface area contributed by atoms with Crippen molar-refractivity contribution in [3.63, 3.8) is 0 Å². The molecule has 1 aliphatic rings. The molecule has 0 radical (unpaired) electrons. The largest absolute Gasteiger partial charge is 0.393 e. The molecule has 0 unspecified atom stereocenters. The van der Waals surface area contributed by atoms with E-state index in [9.17, 15) is 8.42 Å². The van der Waals surface area contributed by atoms with Gasteiger partial charge in [0.15, 0.2) is 9.84 Å². The maximum atomic E-state index is 13.5. The normalized spacial score (nSPS) is 24.1. The number of hydrogen-bond acceptors (Lipinski definition) is 4. The lowest BCUT2D eigenvalue weighted by molar-refractivity contribution is 0.121. The number of benzene rings is 2. The van der Waals surface area contributed by atoms with Crippen LogP contribution in [0.25, 0.3) is 0 Å². The number of ether oxygens (including phenoxy) is 1. The molecule has 1 saturated carbocycles. The van der Waals surface area contributed by atoms with Crippen molar-refractivity contribution in [3.8, 4) is 0 Å². The number of nitrogens with two attached hydrogens (primary N) is 1. The van der Waals surface area contributed by atoms with Crippen LogP contribution in [-0.4, -0.2) is 31.9 Å². The fourth-order valence-corrected chi connectivity index (χ4v) is 6.75. The summed E-state index contributed by atoms with van der Waals surface area (Å²) in [6.07, 6.45) is 0.926. The lowest BCUT2D eigenvalue weighted by Crippen LogP contribution is -2.33. The number of thiocarbonyl (C=S) groups is 1. The summed E-state index contributed by atoms with van der Waals surface area (Å²) in [4.78, 5) is 0.499. The summed E-state index contributed by atoms with van der Waals surface area (Å²) in [6, 6.07) is 15.0. The second-order valence-electron chi connectivity index (χ2n) is 7.39. The number of hydrogen-bond donors (Lipinski definition) is 1. The van der Waals surface area contributed by atoms with Gasteiger partial charge in [0.05, 0.1) is 27.2 Å². The van der Waals surface area contributed by atoms with E-state index in [1.165, 1.54) is 5.56 Å². The van der Waals surface area contributed by atoms with Gasteiger partial charge in [0.1, 0.15) is 0 Å². The highest BCUT2D eigenvalue weighted by Gasteiger charge is 2.73. The van der Waals surface area contributed by atoms with Crippen molar-refractivity contribution in [1.29, 1.82) is 0 Å². The molecule has 6 heteroatoms. The van der Waals surface area contributed by atoms with Gasteiger partial charge in [0.2, 0.25) is 0 Å². The molecular weight excluding hydrogens is 390 g/mol. The van der Waals surface area contributed by atoms with Crippen molar-refractivity contribution in [2.24, 2.45) is 11.1 Å². The zero-order chi connectivity index (χ0) is 20.5. The van der Waals surface area contributed by atoms with Crippen molar-refractivity contribution in [3.05, 3.63) is 65.2 Å². The molecule has 3 atom stereocenters. The van der Waals surface area contributed by atoms with E-state index in [-0.39, 0.29) is 17.5 Å². The van der Waals surface area contributed by atoms with E-state index in [2.05, 4.69) is 6.92 Å². The maximum Gasteiger partial charge on any atom is 0.182 e. The summed E-state index contributed by atoms with van der Waals surface area (Å²) in [5.41, 5.74) is 8.40. The van der Waals surface area contributed by atoms with E-state index in [4.69, 9.17) is 22.7 Å². The van der Waals surface area contributed by atoms with Gasteiger partial charge in [-0.1, -0.05) is 61.1 Å². The molecule has 150 valence electrons. The van der Waals surface area contributed by atoms with Gasteiger partial charge in [-0.15, -0.1) is 0 Å². The second-order valence-corrected chi connectivity index (χ2v) is 9.90. The first-order valence-corrected chi connectivity index (χ1v) is 11.5. The Bertz CT molecular complexity index is 952. The van der Waals surface area contributed by atoms with Gasteiger partial charge in [-0.2, -0.15) is 0 Å². The molecule has 2 aromatic carbocycles. The van der Waals surface area contributed by atoms with E-state index < -0.39 is 20.5 Å². The molecule has 0 saturated heterocycles. The van der Waals surface area contributed by atoms with Crippen LogP contribution in [0.5, 0.6) is 0 Å². The molecule has 1 fully saturated rings. The Balaban J connectivity index is 2.08. The molecule has 2 aromatic rings. The fourth-order valence-electron chi connectivity index (χ4n) is 3.98. The number of rotatable bonds is 8. The van der Waals surface area contributed by atoms with Gasteiger partial charge >= 0.3 is 0 Å². The minimum absolute atomic E-state index is 0.200. The van der Waals surface area contributed by atoms with Crippen LogP contribution in [0.2, 0.25) is 0 Å². The van der Waals surface area contributed by atoms with Crippen LogP contribution in [0.4, 0.5) is 0 Å². The van der Waals surface area contributed by atoms with E-state index in [0.29, 0.717) is 11.5 Å². The topological polar surface area (TPSA) is 69.4 Å². The third-order valence-electron chi connectivity index (χ3n) is 5.69. The van der Waals surface area contributed by atoms with E-state index in [1.807, 2.05) is 50.2 Å². The van der Waals surface area contributed by atoms with Crippen molar-refractivity contribution in [2.75, 3.05) is 13.2 Å². The Kier molecular flexibility index (Phi) is 5.94. The molecule has 0 spiro atoms. The molecule has 1 aliphatic carbocycles. The molecule has 4 nitrogen and oxygen atoms in total. The summed E-state index contributed by atoms with van der Waals surface area (Å²) in [6.45, 7) is 6.58. The Hall–Kier alpha value is -1.76. The van der Waals surface area contributed by atoms with Gasteiger partial charge < -0.3 is 10.5 Å². The van der Waals surface area contributed by atoms with Crippen molar-refractivity contribution in [1.82, 2.24) is 0 Å². The Labute approximate surface area is 173 Å².